The second-order valence-corrected chi connectivity index (χ2v) is 18.7. The molecule has 5 atom stereocenters. The summed E-state index contributed by atoms with van der Waals surface area (Å²) in [5, 5.41) is 12.8. The van der Waals surface area contributed by atoms with E-state index in [1.807, 2.05) is 104 Å². The molecule has 0 aliphatic carbocycles. The number of sulfonamides is 1. The maximum absolute atomic E-state index is 13.8. The zero-order chi connectivity index (χ0) is 45.5. The lowest BCUT2D eigenvalue weighted by molar-refractivity contribution is -0.276. The van der Waals surface area contributed by atoms with Crippen LogP contribution >= 0.6 is 0 Å². The maximum Gasteiger partial charge on any atom is 0.241 e. The summed E-state index contributed by atoms with van der Waals surface area (Å²) in [7, 11) is -0.658. The lowest BCUT2D eigenvalue weighted by Gasteiger charge is -2.43. The van der Waals surface area contributed by atoms with Crippen LogP contribution in [-0.2, 0) is 56.8 Å². The van der Waals surface area contributed by atoms with E-state index in [9.17, 15) is 18.3 Å². The number of aliphatic hydroxyl groups is 1. The number of hydrogen-bond donors (Lipinski definition) is 3. The third-order valence-electron chi connectivity index (χ3n) is 12.5. The number of fused-ring (bicyclic) bond motifs is 1. The van der Waals surface area contributed by atoms with E-state index in [-0.39, 0.29) is 42.6 Å². The van der Waals surface area contributed by atoms with Crippen LogP contribution in [0.5, 0.6) is 11.5 Å². The van der Waals surface area contributed by atoms with Gasteiger partial charge in [0.15, 0.2) is 17.8 Å². The Morgan fingerprint density at radius 1 is 0.769 bits per heavy atom. The first-order valence-electron chi connectivity index (χ1n) is 22.1. The molecule has 0 unspecified atom stereocenters. The number of nitrogens with one attached hydrogen (secondary N) is 2. The molecule has 0 saturated carbocycles. The van der Waals surface area contributed by atoms with E-state index in [0.29, 0.717) is 6.54 Å². The van der Waals surface area contributed by atoms with E-state index < -0.39 is 28.3 Å². The molecule has 1 saturated heterocycles. The number of carbonyl (C=O) groups is 1. The van der Waals surface area contributed by atoms with Gasteiger partial charge in [-0.05, 0) is 101 Å². The van der Waals surface area contributed by atoms with Gasteiger partial charge in [-0.25, -0.2) is 8.42 Å². The minimum Gasteiger partial charge on any atom is -0.493 e. The molecule has 6 aromatic rings. The summed E-state index contributed by atoms with van der Waals surface area (Å²) in [5.74, 6) is 1.04. The van der Waals surface area contributed by atoms with Crippen LogP contribution in [0.1, 0.15) is 63.8 Å². The Kier molecular flexibility index (Phi) is 14.4. The number of nitrogens with zero attached hydrogens (tertiary/aromatic N) is 1. The topological polar surface area (TPSA) is 136 Å². The summed E-state index contributed by atoms with van der Waals surface area (Å²) in [6.45, 7) is 6.56. The summed E-state index contributed by atoms with van der Waals surface area (Å²) in [6.07, 6.45) is -0.0281. The van der Waals surface area contributed by atoms with Crippen molar-refractivity contribution in [1.82, 2.24) is 14.9 Å². The van der Waals surface area contributed by atoms with Crippen molar-refractivity contribution in [3.8, 4) is 22.6 Å². The number of amides is 1. The number of benzene rings is 6. The number of methoxy groups -OCH3 is 2. The van der Waals surface area contributed by atoms with Crippen molar-refractivity contribution in [3.05, 3.63) is 184 Å². The first-order valence-corrected chi connectivity index (χ1v) is 23.5. The average Bonchev–Trinajstić information content (AvgIpc) is 3.33. The fraction of sp³-hybridized carbons (Fsp3) is 0.302. The Bertz CT molecular complexity index is 2680. The van der Waals surface area contributed by atoms with E-state index in [4.69, 9.17) is 18.9 Å². The molecule has 6 aromatic carbocycles. The SMILES string of the molecule is COc1cc2c(cc1OC)CN(C[C@H]1O[C@@H](c3cccc(-c4cccc(CNC(=O)[C@@H](Cc5ccccc5)NS(=O)(=O)c5ccc(C)cc5)c4)c3)O[C@@H](c3ccc(CO)cc3)[C@H]1C)CC2. The van der Waals surface area contributed by atoms with Gasteiger partial charge in [0.05, 0.1) is 37.9 Å². The number of hydrogen-bond acceptors (Lipinski definition) is 9. The molecule has 0 aromatic heterocycles. The normalized spacial score (nSPS) is 19.2. The van der Waals surface area contributed by atoms with Crippen LogP contribution in [0.25, 0.3) is 11.1 Å². The molecule has 1 amide bonds. The van der Waals surface area contributed by atoms with Crippen molar-refractivity contribution in [2.75, 3.05) is 27.3 Å². The zero-order valence-electron chi connectivity index (χ0n) is 37.3. The van der Waals surface area contributed by atoms with Crippen LogP contribution in [0.4, 0.5) is 0 Å². The van der Waals surface area contributed by atoms with E-state index >= 15 is 0 Å². The van der Waals surface area contributed by atoms with E-state index in [2.05, 4.69) is 40.1 Å². The Balaban J connectivity index is 0.997. The van der Waals surface area contributed by atoms with Crippen molar-refractivity contribution in [1.29, 1.82) is 0 Å². The molecule has 0 spiro atoms. The van der Waals surface area contributed by atoms with Gasteiger partial charge >= 0.3 is 0 Å². The lowest BCUT2D eigenvalue weighted by Crippen LogP contribution is -2.47. The van der Waals surface area contributed by atoms with Gasteiger partial charge in [-0.3, -0.25) is 9.69 Å². The Morgan fingerprint density at radius 2 is 1.45 bits per heavy atom. The molecule has 8 rings (SSSR count). The average molecular weight is 896 g/mol. The van der Waals surface area contributed by atoms with Crippen LogP contribution in [-0.4, -0.2) is 63.8 Å². The minimum atomic E-state index is -3.98. The van der Waals surface area contributed by atoms with Crippen LogP contribution in [0.3, 0.4) is 0 Å². The lowest BCUT2D eigenvalue weighted by atomic mass is 9.89. The minimum absolute atomic E-state index is 0.0123. The van der Waals surface area contributed by atoms with Gasteiger partial charge in [0.1, 0.15) is 6.04 Å². The zero-order valence-corrected chi connectivity index (χ0v) is 38.1. The molecule has 65 heavy (non-hydrogen) atoms. The summed E-state index contributed by atoms with van der Waals surface area (Å²) in [5.41, 5.74) is 9.72. The summed E-state index contributed by atoms with van der Waals surface area (Å²) >= 11 is 0. The van der Waals surface area contributed by atoms with Gasteiger partial charge in [-0.15, -0.1) is 0 Å². The maximum atomic E-state index is 13.8. The van der Waals surface area contributed by atoms with E-state index in [1.54, 1.807) is 38.5 Å². The highest BCUT2D eigenvalue weighted by atomic mass is 32.2. The van der Waals surface area contributed by atoms with Gasteiger partial charge in [-0.1, -0.05) is 116 Å². The third kappa shape index (κ3) is 11.0. The third-order valence-corrected chi connectivity index (χ3v) is 14.0. The van der Waals surface area contributed by atoms with Crippen LogP contribution in [0.15, 0.2) is 144 Å². The fourth-order valence-electron chi connectivity index (χ4n) is 8.73. The Labute approximate surface area is 382 Å². The van der Waals surface area contributed by atoms with Crippen molar-refractivity contribution >= 4 is 15.9 Å². The highest BCUT2D eigenvalue weighted by molar-refractivity contribution is 7.89. The first-order chi connectivity index (χ1) is 31.5. The van der Waals surface area contributed by atoms with Crippen molar-refractivity contribution in [2.24, 2.45) is 5.92 Å². The molecule has 12 heteroatoms. The molecular formula is C53H57N3O8S. The monoisotopic (exact) mass is 895 g/mol. The van der Waals surface area contributed by atoms with Crippen molar-refractivity contribution in [2.45, 2.75) is 75.8 Å². The molecule has 2 heterocycles. The summed E-state index contributed by atoms with van der Waals surface area (Å²) < 4.78 is 54.6. The van der Waals surface area contributed by atoms with Crippen LogP contribution < -0.4 is 19.5 Å². The molecule has 11 nitrogen and oxygen atoms in total. The summed E-state index contributed by atoms with van der Waals surface area (Å²) in [6, 6.07) is 43.1. The van der Waals surface area contributed by atoms with Crippen molar-refractivity contribution in [3.63, 3.8) is 0 Å². The summed E-state index contributed by atoms with van der Waals surface area (Å²) in [4.78, 5) is 16.3. The molecular weight excluding hydrogens is 839 g/mol. The van der Waals surface area contributed by atoms with Gasteiger partial charge < -0.3 is 29.4 Å². The smallest absolute Gasteiger partial charge is 0.241 e. The van der Waals surface area contributed by atoms with Gasteiger partial charge in [0.2, 0.25) is 15.9 Å². The number of aryl methyl sites for hydroxylation is 1. The second-order valence-electron chi connectivity index (χ2n) is 17.0. The van der Waals surface area contributed by atoms with Crippen molar-refractivity contribution < 1.29 is 37.3 Å². The molecule has 338 valence electrons. The molecule has 0 bridgehead atoms. The first kappa shape index (κ1) is 45.7. The van der Waals surface area contributed by atoms with E-state index in [0.717, 1.165) is 75.5 Å². The van der Waals surface area contributed by atoms with Gasteiger partial charge in [-0.2, -0.15) is 4.72 Å². The quantitative estimate of drug-likeness (QED) is 0.0879. The fourth-order valence-corrected chi connectivity index (χ4v) is 9.92. The molecule has 3 N–H and O–H groups in total. The number of aliphatic hydroxyl groups excluding tert-OH is 1. The van der Waals surface area contributed by atoms with E-state index in [1.165, 1.54) is 11.1 Å². The van der Waals surface area contributed by atoms with Crippen LogP contribution in [0.2, 0.25) is 0 Å². The van der Waals surface area contributed by atoms with Gasteiger partial charge in [0, 0.05) is 37.7 Å². The predicted octanol–water partition coefficient (Wildman–Crippen LogP) is 8.23. The number of rotatable bonds is 16. The van der Waals surface area contributed by atoms with Gasteiger partial charge in [0.25, 0.3) is 0 Å². The largest absolute Gasteiger partial charge is 0.493 e. The van der Waals surface area contributed by atoms with Crippen LogP contribution in [0, 0.1) is 12.8 Å². The molecule has 2 aliphatic rings. The molecule has 1 fully saturated rings. The molecule has 2 aliphatic heterocycles. The number of carbonyl (C=O) groups excluding carboxylic acids is 1. The number of ether oxygens (including phenoxy) is 4. The standard InChI is InChI=1S/C53H57N3O8S/c1-35-16-22-46(23-17-35)65(59,60)55-47(27-37-10-6-5-7-11-37)52(58)54-31-39-12-8-13-41(26-39)42-14-9-15-44(28-42)53-63-50(36(2)51(64-53)40-20-18-38(34-57)19-21-40)33-56-25-24-43-29-48(61-3)49(62-4)30-45(43)32-56/h5-23,26,28-30,36,47,50-51,53,55,57H,24-25,27,31-34H2,1-4H3,(H,54,58)/t36-,47+,50+,51+,53+/m0/s1. The highest BCUT2D eigenvalue weighted by Crippen LogP contribution is 2.43. The molecule has 0 radical (unpaired) electrons. The highest BCUT2D eigenvalue weighted by Gasteiger charge is 2.40. The predicted molar refractivity (Wildman–Crippen MR) is 251 cm³/mol. The Hall–Kier alpha value is -5.86. The second kappa shape index (κ2) is 20.5. The Morgan fingerprint density at radius 3 is 2.15 bits per heavy atom.